The predicted octanol–water partition coefficient (Wildman–Crippen LogP) is 3.58. The first kappa shape index (κ1) is 11.8. The van der Waals surface area contributed by atoms with Gasteiger partial charge in [-0.15, -0.1) is 0 Å². The van der Waals surface area contributed by atoms with Gasteiger partial charge in [0.1, 0.15) is 11.6 Å². The lowest BCUT2D eigenvalue weighted by atomic mass is 9.93. The van der Waals surface area contributed by atoms with Crippen LogP contribution in [0.2, 0.25) is 0 Å². The number of hydrogen-bond donors (Lipinski definition) is 0. The molecule has 1 nitrogen and oxygen atoms in total. The van der Waals surface area contributed by atoms with Crippen LogP contribution in [0.25, 0.3) is 0 Å². The van der Waals surface area contributed by atoms with Gasteiger partial charge in [-0.05, 0) is 25.0 Å². The minimum absolute atomic E-state index is 0.00917. The molecule has 0 saturated carbocycles. The summed E-state index contributed by atoms with van der Waals surface area (Å²) in [4.78, 5) is 11.8. The molecule has 0 unspecified atom stereocenters. The van der Waals surface area contributed by atoms with Crippen LogP contribution in [0.1, 0.15) is 37.0 Å². The predicted molar refractivity (Wildman–Crippen MR) is 54.8 cm³/mol. The first-order valence-electron chi connectivity index (χ1n) is 5.09. The van der Waals surface area contributed by atoms with E-state index in [1.807, 2.05) is 13.8 Å². The molecule has 3 heteroatoms. The fourth-order valence-corrected chi connectivity index (χ4v) is 1.57. The quantitative estimate of drug-likeness (QED) is 0.697. The first-order valence-corrected chi connectivity index (χ1v) is 5.09. The van der Waals surface area contributed by atoms with Gasteiger partial charge in [-0.1, -0.05) is 13.8 Å². The summed E-state index contributed by atoms with van der Waals surface area (Å²) in [6, 6.07) is 3.07. The van der Waals surface area contributed by atoms with E-state index in [0.29, 0.717) is 12.8 Å². The molecular weight excluding hydrogens is 198 g/mol. The molecule has 0 aromatic heterocycles. The highest BCUT2D eigenvalue weighted by Gasteiger charge is 2.19. The highest BCUT2D eigenvalue weighted by molar-refractivity contribution is 5.98. The highest BCUT2D eigenvalue weighted by Crippen LogP contribution is 2.18. The smallest absolute Gasteiger partial charge is 0.168 e. The van der Waals surface area contributed by atoms with E-state index in [0.717, 1.165) is 12.1 Å². The van der Waals surface area contributed by atoms with Gasteiger partial charge < -0.3 is 0 Å². The van der Waals surface area contributed by atoms with Crippen molar-refractivity contribution in [2.24, 2.45) is 5.92 Å². The van der Waals surface area contributed by atoms with Crippen LogP contribution >= 0.6 is 0 Å². The van der Waals surface area contributed by atoms with Crippen molar-refractivity contribution in [1.29, 1.82) is 0 Å². The normalized spacial score (nSPS) is 10.7. The van der Waals surface area contributed by atoms with Crippen molar-refractivity contribution in [3.05, 3.63) is 35.4 Å². The average Bonchev–Trinajstić information content (AvgIpc) is 2.19. The topological polar surface area (TPSA) is 17.1 Å². The van der Waals surface area contributed by atoms with Crippen molar-refractivity contribution >= 4 is 5.78 Å². The SMILES string of the molecule is CCC(CC)C(=O)c1ccc(F)cc1F. The molecule has 0 radical (unpaired) electrons. The van der Waals surface area contributed by atoms with E-state index in [4.69, 9.17) is 0 Å². The Bertz CT molecular complexity index is 357. The van der Waals surface area contributed by atoms with Gasteiger partial charge in [0, 0.05) is 12.0 Å². The Kier molecular flexibility index (Phi) is 3.95. The molecule has 0 spiro atoms. The Morgan fingerprint density at radius 2 is 1.87 bits per heavy atom. The van der Waals surface area contributed by atoms with Crippen LogP contribution in [0.5, 0.6) is 0 Å². The van der Waals surface area contributed by atoms with Crippen molar-refractivity contribution in [1.82, 2.24) is 0 Å². The fourth-order valence-electron chi connectivity index (χ4n) is 1.57. The van der Waals surface area contributed by atoms with E-state index < -0.39 is 11.6 Å². The van der Waals surface area contributed by atoms with E-state index in [-0.39, 0.29) is 17.3 Å². The molecule has 0 amide bonds. The summed E-state index contributed by atoms with van der Waals surface area (Å²) in [5.41, 5.74) is -0.00917. The summed E-state index contributed by atoms with van der Waals surface area (Å²) in [5, 5.41) is 0. The second-order valence-corrected chi connectivity index (χ2v) is 3.50. The molecule has 0 atom stereocenters. The van der Waals surface area contributed by atoms with E-state index in [2.05, 4.69) is 0 Å². The lowest BCUT2D eigenvalue weighted by Crippen LogP contribution is -2.14. The average molecular weight is 212 g/mol. The number of ketones is 1. The van der Waals surface area contributed by atoms with Gasteiger partial charge in [0.25, 0.3) is 0 Å². The van der Waals surface area contributed by atoms with Crippen molar-refractivity contribution in [2.75, 3.05) is 0 Å². The Labute approximate surface area is 88.1 Å². The largest absolute Gasteiger partial charge is 0.294 e. The van der Waals surface area contributed by atoms with Crippen LogP contribution < -0.4 is 0 Å². The van der Waals surface area contributed by atoms with Crippen molar-refractivity contribution in [3.63, 3.8) is 0 Å². The van der Waals surface area contributed by atoms with Crippen LogP contribution in [-0.2, 0) is 0 Å². The minimum atomic E-state index is -0.771. The molecule has 0 aliphatic heterocycles. The van der Waals surface area contributed by atoms with Crippen LogP contribution in [0.15, 0.2) is 18.2 Å². The minimum Gasteiger partial charge on any atom is -0.294 e. The summed E-state index contributed by atoms with van der Waals surface area (Å²) >= 11 is 0. The maximum Gasteiger partial charge on any atom is 0.168 e. The number of Topliss-reactive ketones (excluding diaryl/α,β-unsaturated/α-hetero) is 1. The van der Waals surface area contributed by atoms with E-state index >= 15 is 0 Å². The van der Waals surface area contributed by atoms with Gasteiger partial charge in [-0.25, -0.2) is 8.78 Å². The summed E-state index contributed by atoms with van der Waals surface area (Å²) in [7, 11) is 0. The van der Waals surface area contributed by atoms with E-state index in [1.54, 1.807) is 0 Å². The van der Waals surface area contributed by atoms with Crippen molar-refractivity contribution in [3.8, 4) is 0 Å². The number of carbonyl (C=O) groups excluding carboxylic acids is 1. The molecule has 1 aromatic rings. The van der Waals surface area contributed by atoms with E-state index in [1.165, 1.54) is 6.07 Å². The molecule has 0 saturated heterocycles. The molecule has 0 aliphatic rings. The van der Waals surface area contributed by atoms with Crippen LogP contribution in [0.3, 0.4) is 0 Å². The van der Waals surface area contributed by atoms with Crippen LogP contribution in [0.4, 0.5) is 8.78 Å². The molecule has 82 valence electrons. The molecule has 0 fully saturated rings. The number of benzene rings is 1. The van der Waals surface area contributed by atoms with Gasteiger partial charge in [-0.3, -0.25) is 4.79 Å². The second kappa shape index (κ2) is 5.01. The molecule has 0 aliphatic carbocycles. The van der Waals surface area contributed by atoms with Gasteiger partial charge >= 0.3 is 0 Å². The molecule has 1 aromatic carbocycles. The Hall–Kier alpha value is -1.25. The third kappa shape index (κ3) is 2.61. The zero-order chi connectivity index (χ0) is 11.4. The number of halogens is 2. The zero-order valence-electron chi connectivity index (χ0n) is 8.89. The third-order valence-electron chi connectivity index (χ3n) is 2.55. The lowest BCUT2D eigenvalue weighted by Gasteiger charge is -2.11. The summed E-state index contributed by atoms with van der Waals surface area (Å²) in [6.07, 6.45) is 1.35. The summed E-state index contributed by atoms with van der Waals surface area (Å²) in [5.74, 6) is -1.84. The summed E-state index contributed by atoms with van der Waals surface area (Å²) < 4.78 is 25.9. The Morgan fingerprint density at radius 1 is 1.27 bits per heavy atom. The van der Waals surface area contributed by atoms with Crippen LogP contribution in [0, 0.1) is 17.6 Å². The Morgan fingerprint density at radius 3 is 2.33 bits per heavy atom. The lowest BCUT2D eigenvalue weighted by molar-refractivity contribution is 0.0909. The molecule has 0 heterocycles. The second-order valence-electron chi connectivity index (χ2n) is 3.50. The highest BCUT2D eigenvalue weighted by atomic mass is 19.1. The molecular formula is C12H14F2O. The van der Waals surface area contributed by atoms with Gasteiger partial charge in [0.05, 0.1) is 5.56 Å². The molecule has 0 bridgehead atoms. The maximum absolute atomic E-state index is 13.3. The molecule has 1 rings (SSSR count). The van der Waals surface area contributed by atoms with Crippen molar-refractivity contribution in [2.45, 2.75) is 26.7 Å². The Balaban J connectivity index is 3.00. The fraction of sp³-hybridized carbons (Fsp3) is 0.417. The standard InChI is InChI=1S/C12H14F2O/c1-3-8(4-2)12(15)10-6-5-9(13)7-11(10)14/h5-8H,3-4H2,1-2H3. The van der Waals surface area contributed by atoms with E-state index in [9.17, 15) is 13.6 Å². The zero-order valence-corrected chi connectivity index (χ0v) is 8.89. The molecule has 0 N–H and O–H groups in total. The summed E-state index contributed by atoms with van der Waals surface area (Å²) in [6.45, 7) is 3.76. The molecule has 15 heavy (non-hydrogen) atoms. The van der Waals surface area contributed by atoms with Gasteiger partial charge in [0.2, 0.25) is 0 Å². The third-order valence-corrected chi connectivity index (χ3v) is 2.55. The van der Waals surface area contributed by atoms with Gasteiger partial charge in [0.15, 0.2) is 5.78 Å². The monoisotopic (exact) mass is 212 g/mol. The first-order chi connectivity index (χ1) is 7.10. The van der Waals surface area contributed by atoms with Gasteiger partial charge in [-0.2, -0.15) is 0 Å². The number of rotatable bonds is 4. The number of carbonyl (C=O) groups is 1. The maximum atomic E-state index is 13.3. The number of hydrogen-bond acceptors (Lipinski definition) is 1. The van der Waals surface area contributed by atoms with Crippen molar-refractivity contribution < 1.29 is 13.6 Å². The van der Waals surface area contributed by atoms with Crippen LogP contribution in [-0.4, -0.2) is 5.78 Å².